The molecule has 0 fully saturated rings. The van der Waals surface area contributed by atoms with E-state index < -0.39 is 0 Å². The zero-order valence-corrected chi connectivity index (χ0v) is 13.2. The quantitative estimate of drug-likeness (QED) is 0.754. The van der Waals surface area contributed by atoms with Crippen molar-refractivity contribution in [3.05, 3.63) is 34.3 Å². The van der Waals surface area contributed by atoms with Crippen molar-refractivity contribution in [1.29, 1.82) is 0 Å². The maximum Gasteiger partial charge on any atom is 0.203 e. The monoisotopic (exact) mass is 293 g/mol. The molecule has 0 aliphatic rings. The van der Waals surface area contributed by atoms with Gasteiger partial charge in [-0.3, -0.25) is 0 Å². The molecule has 2 rings (SSSR count). The van der Waals surface area contributed by atoms with Gasteiger partial charge >= 0.3 is 0 Å². The summed E-state index contributed by atoms with van der Waals surface area (Å²) in [4.78, 5) is 5.98. The van der Waals surface area contributed by atoms with Crippen LogP contribution in [0.15, 0.2) is 23.7 Å². The Morgan fingerprint density at radius 3 is 3.00 bits per heavy atom. The number of ether oxygens (including phenoxy) is 1. The Kier molecular flexibility index (Phi) is 5.61. The van der Waals surface area contributed by atoms with Crippen molar-refractivity contribution in [3.8, 4) is 0 Å². The Balaban J connectivity index is 2.13. The van der Waals surface area contributed by atoms with Crippen molar-refractivity contribution in [2.45, 2.75) is 32.7 Å². The molecule has 1 unspecified atom stereocenters. The molecule has 0 saturated carbocycles. The average molecular weight is 293 g/mol. The summed E-state index contributed by atoms with van der Waals surface area (Å²) in [5.41, 5.74) is 1.05. The molecule has 0 aromatic carbocycles. The largest absolute Gasteiger partial charge is 0.385 e. The van der Waals surface area contributed by atoms with E-state index in [0.29, 0.717) is 6.04 Å². The van der Waals surface area contributed by atoms with Crippen LogP contribution in [-0.2, 0) is 4.74 Å². The molecule has 2 aromatic heterocycles. The van der Waals surface area contributed by atoms with Gasteiger partial charge in [0.25, 0.3) is 0 Å². The van der Waals surface area contributed by atoms with E-state index >= 15 is 0 Å². The number of methoxy groups -OCH3 is 1. The maximum atomic E-state index is 5.08. The topological polar surface area (TPSA) is 39.1 Å². The molecule has 0 amide bonds. The Bertz CT molecular complexity index is 507. The van der Waals surface area contributed by atoms with E-state index in [2.05, 4.69) is 45.5 Å². The highest BCUT2D eigenvalue weighted by atomic mass is 32.1. The summed E-state index contributed by atoms with van der Waals surface area (Å²) >= 11 is 1.80. The van der Waals surface area contributed by atoms with Crippen LogP contribution in [0.25, 0.3) is 0 Å². The van der Waals surface area contributed by atoms with Gasteiger partial charge in [0.2, 0.25) is 5.95 Å². The molecular weight excluding hydrogens is 270 g/mol. The molecule has 110 valence electrons. The van der Waals surface area contributed by atoms with Crippen molar-refractivity contribution in [3.63, 3.8) is 0 Å². The second-order valence-electron chi connectivity index (χ2n) is 4.83. The van der Waals surface area contributed by atoms with Gasteiger partial charge in [0.15, 0.2) is 0 Å². The summed E-state index contributed by atoms with van der Waals surface area (Å²) in [7, 11) is 1.73. The Morgan fingerprint density at radius 1 is 1.50 bits per heavy atom. The normalized spacial score (nSPS) is 12.6. The third-order valence-corrected chi connectivity index (χ3v) is 4.23. The van der Waals surface area contributed by atoms with E-state index in [4.69, 9.17) is 4.74 Å². The van der Waals surface area contributed by atoms with Gasteiger partial charge in [-0.05, 0) is 31.2 Å². The fraction of sp³-hybridized carbons (Fsp3) is 0.533. The van der Waals surface area contributed by atoms with Crippen LogP contribution in [0, 0.1) is 6.92 Å². The zero-order chi connectivity index (χ0) is 14.4. The lowest BCUT2D eigenvalue weighted by molar-refractivity contribution is 0.197. The average Bonchev–Trinajstić information content (AvgIpc) is 3.07. The molecule has 2 aromatic rings. The molecule has 1 atom stereocenters. The van der Waals surface area contributed by atoms with Crippen molar-refractivity contribution >= 4 is 17.3 Å². The first kappa shape index (κ1) is 15.1. The minimum Gasteiger partial charge on any atom is -0.385 e. The van der Waals surface area contributed by atoms with Crippen LogP contribution < -0.4 is 5.32 Å². The third kappa shape index (κ3) is 3.61. The number of hydrogen-bond acceptors (Lipinski definition) is 4. The lowest BCUT2D eigenvalue weighted by Crippen LogP contribution is -2.14. The van der Waals surface area contributed by atoms with Gasteiger partial charge in [0.05, 0.1) is 11.7 Å². The van der Waals surface area contributed by atoms with Crippen LogP contribution in [0.5, 0.6) is 0 Å². The van der Waals surface area contributed by atoms with E-state index in [1.165, 1.54) is 4.88 Å². The smallest absolute Gasteiger partial charge is 0.203 e. The van der Waals surface area contributed by atoms with Crippen LogP contribution >= 0.6 is 11.3 Å². The molecule has 0 radical (unpaired) electrons. The number of nitrogens with one attached hydrogen (secondary N) is 1. The van der Waals surface area contributed by atoms with Gasteiger partial charge in [-0.15, -0.1) is 11.3 Å². The molecule has 5 heteroatoms. The molecule has 0 bridgehead atoms. The standard InChI is InChI=1S/C15H23N3OS/c1-4-13(14-7-5-10-20-14)18-11-12(2)17-15(18)16-8-6-9-19-3/h5,7,10-11,13H,4,6,8-9H2,1-3H3,(H,16,17). The molecule has 2 heterocycles. The Labute approximate surface area is 124 Å². The number of imidazole rings is 1. The highest BCUT2D eigenvalue weighted by molar-refractivity contribution is 7.10. The van der Waals surface area contributed by atoms with Crippen molar-refractivity contribution in [2.24, 2.45) is 0 Å². The number of anilines is 1. The predicted octanol–water partition coefficient (Wildman–Crippen LogP) is 3.70. The first-order valence-corrected chi connectivity index (χ1v) is 7.96. The molecule has 0 aliphatic heterocycles. The summed E-state index contributed by atoms with van der Waals surface area (Å²) in [6.45, 7) is 5.91. The highest BCUT2D eigenvalue weighted by Crippen LogP contribution is 2.29. The van der Waals surface area contributed by atoms with Crippen molar-refractivity contribution in [2.75, 3.05) is 25.6 Å². The number of aromatic nitrogens is 2. The SMILES string of the molecule is CCC(c1cccs1)n1cc(C)nc1NCCCOC. The maximum absolute atomic E-state index is 5.08. The molecule has 0 saturated heterocycles. The van der Waals surface area contributed by atoms with E-state index in [1.54, 1.807) is 18.4 Å². The zero-order valence-electron chi connectivity index (χ0n) is 12.4. The van der Waals surface area contributed by atoms with Gasteiger partial charge < -0.3 is 14.6 Å². The molecule has 20 heavy (non-hydrogen) atoms. The minimum absolute atomic E-state index is 0.362. The second kappa shape index (κ2) is 7.45. The van der Waals surface area contributed by atoms with Crippen LogP contribution in [-0.4, -0.2) is 29.8 Å². The predicted molar refractivity (Wildman–Crippen MR) is 84.7 cm³/mol. The summed E-state index contributed by atoms with van der Waals surface area (Å²) in [6.07, 6.45) is 4.17. The van der Waals surface area contributed by atoms with Crippen LogP contribution in [0.2, 0.25) is 0 Å². The molecule has 0 aliphatic carbocycles. The Morgan fingerprint density at radius 2 is 2.35 bits per heavy atom. The number of aryl methyl sites for hydroxylation is 1. The van der Waals surface area contributed by atoms with Crippen molar-refractivity contribution < 1.29 is 4.74 Å². The van der Waals surface area contributed by atoms with Crippen LogP contribution in [0.4, 0.5) is 5.95 Å². The van der Waals surface area contributed by atoms with E-state index in [1.807, 2.05) is 6.92 Å². The van der Waals surface area contributed by atoms with Gasteiger partial charge in [-0.1, -0.05) is 13.0 Å². The van der Waals surface area contributed by atoms with Gasteiger partial charge in [-0.25, -0.2) is 4.98 Å². The van der Waals surface area contributed by atoms with Gasteiger partial charge in [0.1, 0.15) is 0 Å². The summed E-state index contributed by atoms with van der Waals surface area (Å²) in [6, 6.07) is 4.67. The fourth-order valence-electron chi connectivity index (χ4n) is 2.32. The number of hydrogen-bond donors (Lipinski definition) is 1. The number of rotatable bonds is 8. The fourth-order valence-corrected chi connectivity index (χ4v) is 3.23. The molecule has 4 nitrogen and oxygen atoms in total. The number of thiophene rings is 1. The minimum atomic E-state index is 0.362. The summed E-state index contributed by atoms with van der Waals surface area (Å²) < 4.78 is 7.34. The highest BCUT2D eigenvalue weighted by Gasteiger charge is 2.17. The van der Waals surface area contributed by atoms with Gasteiger partial charge in [0, 0.05) is 31.3 Å². The number of nitrogens with zero attached hydrogens (tertiary/aromatic N) is 2. The van der Waals surface area contributed by atoms with Gasteiger partial charge in [-0.2, -0.15) is 0 Å². The van der Waals surface area contributed by atoms with E-state index in [9.17, 15) is 0 Å². The van der Waals surface area contributed by atoms with Crippen molar-refractivity contribution in [1.82, 2.24) is 9.55 Å². The third-order valence-electron chi connectivity index (χ3n) is 3.26. The van der Waals surface area contributed by atoms with Crippen LogP contribution in [0.1, 0.15) is 36.4 Å². The molecule has 0 spiro atoms. The first-order chi connectivity index (χ1) is 9.76. The lowest BCUT2D eigenvalue weighted by atomic mass is 10.2. The van der Waals surface area contributed by atoms with E-state index in [-0.39, 0.29) is 0 Å². The Hall–Kier alpha value is -1.33. The molecular formula is C15H23N3OS. The summed E-state index contributed by atoms with van der Waals surface area (Å²) in [5, 5.41) is 5.55. The van der Waals surface area contributed by atoms with E-state index in [0.717, 1.165) is 37.6 Å². The van der Waals surface area contributed by atoms with Crippen LogP contribution in [0.3, 0.4) is 0 Å². The summed E-state index contributed by atoms with van der Waals surface area (Å²) in [5.74, 6) is 0.957. The molecule has 1 N–H and O–H groups in total. The second-order valence-corrected chi connectivity index (χ2v) is 5.81. The first-order valence-electron chi connectivity index (χ1n) is 7.08. The lowest BCUT2D eigenvalue weighted by Gasteiger charge is -2.18.